The van der Waals surface area contributed by atoms with Crippen LogP contribution >= 0.6 is 11.3 Å². The molecule has 0 aliphatic carbocycles. The second kappa shape index (κ2) is 4.03. The molecule has 0 saturated heterocycles. The van der Waals surface area contributed by atoms with Crippen molar-refractivity contribution in [1.82, 2.24) is 9.38 Å². The third-order valence-electron chi connectivity index (χ3n) is 2.93. The average Bonchev–Trinajstić information content (AvgIpc) is 2.91. The van der Waals surface area contributed by atoms with E-state index in [2.05, 4.69) is 4.98 Å². The lowest BCUT2D eigenvalue weighted by atomic mass is 10.1. The molecule has 0 unspecified atom stereocenters. The van der Waals surface area contributed by atoms with Crippen molar-refractivity contribution in [3.05, 3.63) is 35.3 Å². The fraction of sp³-hybridized carbons (Fsp3) is 0.154. The van der Waals surface area contributed by atoms with Crippen LogP contribution in [0, 0.1) is 6.92 Å². The van der Waals surface area contributed by atoms with Gasteiger partial charge in [0.1, 0.15) is 17.3 Å². The lowest BCUT2D eigenvalue weighted by molar-refractivity contribution is 0.416. The highest BCUT2D eigenvalue weighted by Gasteiger charge is 2.16. The standard InChI is InChI=1S/C13H13N3OS/c1-8-7-18-13-15-11(12(14)16(8)13)9-5-3-4-6-10(9)17-2/h3-7H,14H2,1-2H3. The quantitative estimate of drug-likeness (QED) is 0.769. The normalized spacial score (nSPS) is 11.0. The number of hydrogen-bond acceptors (Lipinski definition) is 4. The SMILES string of the molecule is COc1ccccc1-c1nc2scc(C)n2c1N. The number of anilines is 1. The lowest BCUT2D eigenvalue weighted by Gasteiger charge is -2.06. The van der Waals surface area contributed by atoms with Gasteiger partial charge in [0.2, 0.25) is 0 Å². The van der Waals surface area contributed by atoms with Gasteiger partial charge in [-0.1, -0.05) is 12.1 Å². The van der Waals surface area contributed by atoms with Gasteiger partial charge >= 0.3 is 0 Å². The van der Waals surface area contributed by atoms with Crippen LogP contribution < -0.4 is 10.5 Å². The second-order valence-electron chi connectivity index (χ2n) is 4.04. The highest BCUT2D eigenvalue weighted by Crippen LogP contribution is 2.35. The van der Waals surface area contributed by atoms with Gasteiger partial charge in [0, 0.05) is 16.6 Å². The summed E-state index contributed by atoms with van der Waals surface area (Å²) in [6.45, 7) is 2.02. The van der Waals surface area contributed by atoms with E-state index in [0.29, 0.717) is 5.82 Å². The molecule has 2 heterocycles. The van der Waals surface area contributed by atoms with Crippen LogP contribution in [0.1, 0.15) is 5.69 Å². The maximum atomic E-state index is 6.19. The second-order valence-corrected chi connectivity index (χ2v) is 4.88. The van der Waals surface area contributed by atoms with E-state index >= 15 is 0 Å². The summed E-state index contributed by atoms with van der Waals surface area (Å²) in [7, 11) is 1.65. The fourth-order valence-corrected chi connectivity index (χ4v) is 2.93. The van der Waals surface area contributed by atoms with Crippen molar-refractivity contribution in [3.8, 4) is 17.0 Å². The van der Waals surface area contributed by atoms with Crippen molar-refractivity contribution < 1.29 is 4.74 Å². The van der Waals surface area contributed by atoms with Crippen LogP contribution in [0.5, 0.6) is 5.75 Å². The summed E-state index contributed by atoms with van der Waals surface area (Å²) in [6.07, 6.45) is 0. The molecule has 92 valence electrons. The summed E-state index contributed by atoms with van der Waals surface area (Å²) < 4.78 is 7.32. The van der Waals surface area contributed by atoms with Gasteiger partial charge in [0.15, 0.2) is 4.96 Å². The molecule has 2 N–H and O–H groups in total. The average molecular weight is 259 g/mol. The first kappa shape index (κ1) is 11.1. The van der Waals surface area contributed by atoms with Crippen molar-refractivity contribution in [2.24, 2.45) is 0 Å². The Morgan fingerprint density at radius 3 is 2.83 bits per heavy atom. The molecule has 0 atom stereocenters. The van der Waals surface area contributed by atoms with Gasteiger partial charge in [-0.15, -0.1) is 11.3 Å². The number of para-hydroxylation sites is 1. The third kappa shape index (κ3) is 1.48. The number of nitrogens with two attached hydrogens (primary N) is 1. The molecular formula is C13H13N3OS. The Morgan fingerprint density at radius 2 is 2.11 bits per heavy atom. The van der Waals surface area contributed by atoms with Gasteiger partial charge in [-0.3, -0.25) is 4.40 Å². The van der Waals surface area contributed by atoms with Gasteiger partial charge in [0.25, 0.3) is 0 Å². The summed E-state index contributed by atoms with van der Waals surface area (Å²) in [5.41, 5.74) is 8.99. The number of benzene rings is 1. The maximum absolute atomic E-state index is 6.19. The monoisotopic (exact) mass is 259 g/mol. The number of rotatable bonds is 2. The lowest BCUT2D eigenvalue weighted by Crippen LogP contribution is -1.96. The summed E-state index contributed by atoms with van der Waals surface area (Å²) in [5.74, 6) is 1.45. The molecule has 3 aromatic rings. The van der Waals surface area contributed by atoms with Crippen LogP contribution in [0.25, 0.3) is 16.2 Å². The first-order valence-corrected chi connectivity index (χ1v) is 6.45. The number of hydrogen-bond donors (Lipinski definition) is 1. The van der Waals surface area contributed by atoms with E-state index in [4.69, 9.17) is 10.5 Å². The molecule has 5 heteroatoms. The molecule has 0 spiro atoms. The Balaban J connectivity index is 2.28. The molecule has 0 aliphatic rings. The molecule has 0 saturated carbocycles. The largest absolute Gasteiger partial charge is 0.496 e. The Morgan fingerprint density at radius 1 is 1.33 bits per heavy atom. The predicted octanol–water partition coefficient (Wildman–Crippen LogP) is 2.96. The Hall–Kier alpha value is -2.01. The number of aromatic nitrogens is 2. The van der Waals surface area contributed by atoms with E-state index < -0.39 is 0 Å². The maximum Gasteiger partial charge on any atom is 0.196 e. The van der Waals surface area contributed by atoms with E-state index in [1.54, 1.807) is 18.4 Å². The molecule has 4 nitrogen and oxygen atoms in total. The highest BCUT2D eigenvalue weighted by molar-refractivity contribution is 7.15. The molecule has 0 fully saturated rings. The van der Waals surface area contributed by atoms with Crippen molar-refractivity contribution in [2.75, 3.05) is 12.8 Å². The topological polar surface area (TPSA) is 52.5 Å². The van der Waals surface area contributed by atoms with Crippen LogP contribution in [-0.4, -0.2) is 16.5 Å². The number of methoxy groups -OCH3 is 1. The minimum atomic E-state index is 0.660. The molecule has 1 aromatic carbocycles. The van der Waals surface area contributed by atoms with Crippen molar-refractivity contribution in [2.45, 2.75) is 6.92 Å². The number of ether oxygens (including phenoxy) is 1. The number of nitrogens with zero attached hydrogens (tertiary/aromatic N) is 2. The summed E-state index contributed by atoms with van der Waals surface area (Å²) in [5, 5.41) is 2.05. The highest BCUT2D eigenvalue weighted by atomic mass is 32.1. The molecule has 0 aliphatic heterocycles. The van der Waals surface area contributed by atoms with E-state index in [9.17, 15) is 0 Å². The number of nitrogen functional groups attached to an aromatic ring is 1. The minimum absolute atomic E-state index is 0.660. The number of fused-ring (bicyclic) bond motifs is 1. The number of imidazole rings is 1. The molecule has 0 amide bonds. The van der Waals surface area contributed by atoms with E-state index in [1.165, 1.54) is 0 Å². The van der Waals surface area contributed by atoms with E-state index in [0.717, 1.165) is 27.7 Å². The van der Waals surface area contributed by atoms with Gasteiger partial charge in [-0.25, -0.2) is 4.98 Å². The Labute approximate surface area is 109 Å². The first-order chi connectivity index (χ1) is 8.72. The van der Waals surface area contributed by atoms with Crippen LogP contribution in [0.4, 0.5) is 5.82 Å². The van der Waals surface area contributed by atoms with E-state index in [1.807, 2.05) is 41.0 Å². The van der Waals surface area contributed by atoms with Crippen LogP contribution in [0.2, 0.25) is 0 Å². The van der Waals surface area contributed by atoms with Gasteiger partial charge in [-0.05, 0) is 19.1 Å². The zero-order chi connectivity index (χ0) is 12.7. The van der Waals surface area contributed by atoms with Crippen LogP contribution in [-0.2, 0) is 0 Å². The summed E-state index contributed by atoms with van der Waals surface area (Å²) in [4.78, 5) is 5.50. The minimum Gasteiger partial charge on any atom is -0.496 e. The number of aryl methyl sites for hydroxylation is 1. The Kier molecular flexibility index (Phi) is 2.48. The van der Waals surface area contributed by atoms with E-state index in [-0.39, 0.29) is 0 Å². The summed E-state index contributed by atoms with van der Waals surface area (Å²) >= 11 is 1.59. The summed E-state index contributed by atoms with van der Waals surface area (Å²) in [6, 6.07) is 7.77. The zero-order valence-electron chi connectivity index (χ0n) is 10.2. The first-order valence-electron chi connectivity index (χ1n) is 5.57. The van der Waals surface area contributed by atoms with Crippen molar-refractivity contribution >= 4 is 22.1 Å². The molecule has 0 radical (unpaired) electrons. The predicted molar refractivity (Wildman–Crippen MR) is 74.2 cm³/mol. The third-order valence-corrected chi connectivity index (χ3v) is 3.88. The van der Waals surface area contributed by atoms with Crippen LogP contribution in [0.3, 0.4) is 0 Å². The molecular weight excluding hydrogens is 246 g/mol. The zero-order valence-corrected chi connectivity index (χ0v) is 11.0. The van der Waals surface area contributed by atoms with Crippen molar-refractivity contribution in [1.29, 1.82) is 0 Å². The molecule has 3 rings (SSSR count). The van der Waals surface area contributed by atoms with Gasteiger partial charge < -0.3 is 10.5 Å². The molecule has 18 heavy (non-hydrogen) atoms. The van der Waals surface area contributed by atoms with Gasteiger partial charge in [-0.2, -0.15) is 0 Å². The number of thiazole rings is 1. The van der Waals surface area contributed by atoms with Crippen LogP contribution in [0.15, 0.2) is 29.6 Å². The molecule has 0 bridgehead atoms. The van der Waals surface area contributed by atoms with Crippen molar-refractivity contribution in [3.63, 3.8) is 0 Å². The molecule has 2 aromatic heterocycles. The fourth-order valence-electron chi connectivity index (χ4n) is 2.06. The smallest absolute Gasteiger partial charge is 0.196 e. The Bertz CT molecular complexity index is 714. The van der Waals surface area contributed by atoms with Gasteiger partial charge in [0.05, 0.1) is 7.11 Å².